The van der Waals surface area contributed by atoms with E-state index in [0.29, 0.717) is 24.3 Å². The summed E-state index contributed by atoms with van der Waals surface area (Å²) in [6.07, 6.45) is 0.0295. The van der Waals surface area contributed by atoms with E-state index in [0.717, 1.165) is 13.1 Å². The van der Waals surface area contributed by atoms with Gasteiger partial charge in [-0.2, -0.15) is 5.26 Å². The van der Waals surface area contributed by atoms with Gasteiger partial charge < -0.3 is 15.0 Å². The molecule has 1 unspecified atom stereocenters. The van der Waals surface area contributed by atoms with E-state index in [9.17, 15) is 4.79 Å². The fourth-order valence-corrected chi connectivity index (χ4v) is 2.03. The van der Waals surface area contributed by atoms with Crippen LogP contribution in [0.4, 0.5) is 0 Å². The van der Waals surface area contributed by atoms with Gasteiger partial charge in [0.15, 0.2) is 0 Å². The van der Waals surface area contributed by atoms with Crippen LogP contribution < -0.4 is 5.32 Å². The van der Waals surface area contributed by atoms with Crippen molar-refractivity contribution in [2.24, 2.45) is 0 Å². The summed E-state index contributed by atoms with van der Waals surface area (Å²) in [6, 6.07) is 8.69. The van der Waals surface area contributed by atoms with Crippen LogP contribution in [0.15, 0.2) is 24.3 Å². The third kappa shape index (κ3) is 3.78. The Labute approximate surface area is 112 Å². The molecule has 0 saturated carbocycles. The number of likely N-dealkylation sites (N-methyl/N-ethyl adjacent to an activating group) is 1. The van der Waals surface area contributed by atoms with Gasteiger partial charge in [0.05, 0.1) is 24.3 Å². The first-order chi connectivity index (χ1) is 9.19. The van der Waals surface area contributed by atoms with Crippen molar-refractivity contribution in [1.82, 2.24) is 10.2 Å². The lowest BCUT2D eigenvalue weighted by molar-refractivity contribution is -0.0175. The molecule has 5 nitrogen and oxygen atoms in total. The molecule has 1 aliphatic heterocycles. The highest BCUT2D eigenvalue weighted by atomic mass is 16.5. The van der Waals surface area contributed by atoms with E-state index in [4.69, 9.17) is 10.00 Å². The molecule has 19 heavy (non-hydrogen) atoms. The van der Waals surface area contributed by atoms with Gasteiger partial charge in [0, 0.05) is 25.2 Å². The number of nitrogens with zero attached hydrogens (tertiary/aromatic N) is 2. The van der Waals surface area contributed by atoms with Gasteiger partial charge in [0.2, 0.25) is 0 Å². The van der Waals surface area contributed by atoms with E-state index in [1.54, 1.807) is 24.3 Å². The van der Waals surface area contributed by atoms with Gasteiger partial charge in [-0.3, -0.25) is 4.79 Å². The summed E-state index contributed by atoms with van der Waals surface area (Å²) < 4.78 is 5.57. The Balaban J connectivity index is 1.88. The van der Waals surface area contributed by atoms with Crippen molar-refractivity contribution >= 4 is 5.91 Å². The van der Waals surface area contributed by atoms with Crippen LogP contribution in [0.3, 0.4) is 0 Å². The summed E-state index contributed by atoms with van der Waals surface area (Å²) in [7, 11) is 2.04. The van der Waals surface area contributed by atoms with Crippen molar-refractivity contribution in [2.45, 2.75) is 6.10 Å². The van der Waals surface area contributed by atoms with Gasteiger partial charge in [-0.05, 0) is 25.2 Å². The predicted octanol–water partition coefficient (Wildman–Crippen LogP) is 0.619. The van der Waals surface area contributed by atoms with Gasteiger partial charge in [0.1, 0.15) is 0 Å². The lowest BCUT2D eigenvalue weighted by atomic mass is 10.1. The van der Waals surface area contributed by atoms with E-state index < -0.39 is 0 Å². The Morgan fingerprint density at radius 2 is 2.47 bits per heavy atom. The molecular weight excluding hydrogens is 242 g/mol. The molecule has 0 radical (unpaired) electrons. The van der Waals surface area contributed by atoms with Gasteiger partial charge in [-0.25, -0.2) is 0 Å². The maximum absolute atomic E-state index is 11.9. The van der Waals surface area contributed by atoms with E-state index in [-0.39, 0.29) is 12.0 Å². The van der Waals surface area contributed by atoms with Crippen LogP contribution in [-0.4, -0.2) is 50.2 Å². The number of morpholine rings is 1. The molecule has 1 aromatic carbocycles. The van der Waals surface area contributed by atoms with Crippen LogP contribution in [0.5, 0.6) is 0 Å². The number of carbonyl (C=O) groups is 1. The second-order valence-corrected chi connectivity index (χ2v) is 4.66. The van der Waals surface area contributed by atoms with Crippen LogP contribution >= 0.6 is 0 Å². The summed E-state index contributed by atoms with van der Waals surface area (Å²) in [4.78, 5) is 14.1. The highest BCUT2D eigenvalue weighted by Gasteiger charge is 2.18. The van der Waals surface area contributed by atoms with Crippen LogP contribution in [0.1, 0.15) is 15.9 Å². The first-order valence-corrected chi connectivity index (χ1v) is 6.27. The smallest absolute Gasteiger partial charge is 0.251 e. The lowest BCUT2D eigenvalue weighted by Gasteiger charge is -2.30. The molecule has 1 N–H and O–H groups in total. The molecule has 100 valence electrons. The fraction of sp³-hybridized carbons (Fsp3) is 0.429. The second-order valence-electron chi connectivity index (χ2n) is 4.66. The molecule has 1 aromatic rings. The standard InChI is InChI=1S/C14H17N3O2/c1-17-5-6-19-13(10-17)9-16-14(18)12-4-2-3-11(7-12)8-15/h2-4,7,13H,5-6,9-10H2,1H3,(H,16,18). The maximum Gasteiger partial charge on any atom is 0.251 e. The molecule has 2 rings (SSSR count). The van der Waals surface area contributed by atoms with E-state index in [1.807, 2.05) is 13.1 Å². The largest absolute Gasteiger partial charge is 0.374 e. The predicted molar refractivity (Wildman–Crippen MR) is 70.7 cm³/mol. The molecule has 1 aliphatic rings. The van der Waals surface area contributed by atoms with E-state index in [1.165, 1.54) is 0 Å². The van der Waals surface area contributed by atoms with Crippen LogP contribution in [0.2, 0.25) is 0 Å². The highest BCUT2D eigenvalue weighted by Crippen LogP contribution is 2.05. The van der Waals surface area contributed by atoms with Crippen molar-refractivity contribution in [3.63, 3.8) is 0 Å². The zero-order valence-electron chi connectivity index (χ0n) is 10.9. The number of carbonyl (C=O) groups excluding carboxylic acids is 1. The van der Waals surface area contributed by atoms with Gasteiger partial charge in [-0.15, -0.1) is 0 Å². The minimum Gasteiger partial charge on any atom is -0.374 e. The Kier molecular flexibility index (Phi) is 4.50. The second kappa shape index (κ2) is 6.32. The molecular formula is C14H17N3O2. The summed E-state index contributed by atoms with van der Waals surface area (Å²) in [5.74, 6) is -0.172. The topological polar surface area (TPSA) is 65.4 Å². The molecule has 1 atom stereocenters. The molecule has 1 fully saturated rings. The third-order valence-electron chi connectivity index (χ3n) is 3.09. The highest BCUT2D eigenvalue weighted by molar-refractivity contribution is 5.94. The Morgan fingerprint density at radius 1 is 1.63 bits per heavy atom. The number of benzene rings is 1. The SMILES string of the molecule is CN1CCOC(CNC(=O)c2cccc(C#N)c2)C1. The monoisotopic (exact) mass is 259 g/mol. The Morgan fingerprint density at radius 3 is 3.21 bits per heavy atom. The van der Waals surface area contributed by atoms with Crippen LogP contribution in [0, 0.1) is 11.3 Å². The van der Waals surface area contributed by atoms with Crippen molar-refractivity contribution in [2.75, 3.05) is 33.3 Å². The number of nitrogens with one attached hydrogen (secondary N) is 1. The molecule has 1 amide bonds. The van der Waals surface area contributed by atoms with Crippen molar-refractivity contribution in [3.8, 4) is 6.07 Å². The average molecular weight is 259 g/mol. The third-order valence-corrected chi connectivity index (χ3v) is 3.09. The molecule has 0 aliphatic carbocycles. The van der Waals surface area contributed by atoms with Gasteiger partial charge >= 0.3 is 0 Å². The normalized spacial score (nSPS) is 19.7. The van der Waals surface area contributed by atoms with E-state index in [2.05, 4.69) is 10.2 Å². The first kappa shape index (κ1) is 13.5. The summed E-state index contributed by atoms with van der Waals surface area (Å²) in [5.41, 5.74) is 0.990. The van der Waals surface area contributed by atoms with Crippen LogP contribution in [-0.2, 0) is 4.74 Å². The molecule has 0 spiro atoms. The molecule has 5 heteroatoms. The van der Waals surface area contributed by atoms with Crippen molar-refractivity contribution in [3.05, 3.63) is 35.4 Å². The number of amides is 1. The molecule has 1 heterocycles. The van der Waals surface area contributed by atoms with Crippen LogP contribution in [0.25, 0.3) is 0 Å². The minimum absolute atomic E-state index is 0.0295. The molecule has 0 aromatic heterocycles. The zero-order valence-corrected chi connectivity index (χ0v) is 10.9. The Hall–Kier alpha value is -1.90. The summed E-state index contributed by atoms with van der Waals surface area (Å²) in [6.45, 7) is 2.92. The molecule has 0 bridgehead atoms. The van der Waals surface area contributed by atoms with Gasteiger partial charge in [-0.1, -0.05) is 6.07 Å². The van der Waals surface area contributed by atoms with Crippen molar-refractivity contribution < 1.29 is 9.53 Å². The number of hydrogen-bond donors (Lipinski definition) is 1. The quantitative estimate of drug-likeness (QED) is 0.864. The summed E-state index contributed by atoms with van der Waals surface area (Å²) in [5, 5.41) is 11.6. The molecule has 1 saturated heterocycles. The Bertz CT molecular complexity index is 496. The van der Waals surface area contributed by atoms with E-state index >= 15 is 0 Å². The number of rotatable bonds is 3. The average Bonchev–Trinajstić information content (AvgIpc) is 2.45. The number of nitriles is 1. The number of hydrogen-bond acceptors (Lipinski definition) is 4. The van der Waals surface area contributed by atoms with Crippen molar-refractivity contribution in [1.29, 1.82) is 5.26 Å². The summed E-state index contributed by atoms with van der Waals surface area (Å²) >= 11 is 0. The zero-order chi connectivity index (χ0) is 13.7. The lowest BCUT2D eigenvalue weighted by Crippen LogP contribution is -2.45. The van der Waals surface area contributed by atoms with Gasteiger partial charge in [0.25, 0.3) is 5.91 Å². The minimum atomic E-state index is -0.172. The number of ether oxygens (including phenoxy) is 1. The fourth-order valence-electron chi connectivity index (χ4n) is 2.03. The maximum atomic E-state index is 11.9. The first-order valence-electron chi connectivity index (χ1n) is 6.27.